The molecule has 2 heterocycles. The van der Waals surface area contributed by atoms with Crippen LogP contribution in [0.2, 0.25) is 0 Å². The number of rotatable bonds is 1. The van der Waals surface area contributed by atoms with Crippen molar-refractivity contribution >= 4 is 5.69 Å². The molecular weight excluding hydrogens is 206 g/mol. The zero-order chi connectivity index (χ0) is 11.5. The quantitative estimate of drug-likeness (QED) is 0.708. The second-order valence-electron chi connectivity index (χ2n) is 2.88. The molecule has 16 heavy (non-hydrogen) atoms. The largest absolute Gasteiger partial charge is 0.397 e. The van der Waals surface area contributed by atoms with Crippen LogP contribution < -0.4 is 5.73 Å². The molecule has 0 aliphatic heterocycles. The highest BCUT2D eigenvalue weighted by Crippen LogP contribution is 2.12. The molecule has 0 fully saturated rings. The number of nitrogens with two attached hydrogens (primary N) is 1. The summed E-state index contributed by atoms with van der Waals surface area (Å²) >= 11 is 0. The summed E-state index contributed by atoms with van der Waals surface area (Å²) in [7, 11) is 0. The molecule has 0 aliphatic rings. The Bertz CT molecular complexity index is 614. The Kier molecular flexibility index (Phi) is 2.21. The molecule has 0 aromatic carbocycles. The number of aromatic nitrogens is 4. The number of hydrogen-bond acceptors (Lipinski definition) is 6. The van der Waals surface area contributed by atoms with Crippen molar-refractivity contribution in [2.24, 2.45) is 0 Å². The van der Waals surface area contributed by atoms with Gasteiger partial charge in [0.25, 0.3) is 5.82 Å². The summed E-state index contributed by atoms with van der Waals surface area (Å²) in [5.74, 6) is 0.313. The molecule has 0 atom stereocenters. The molecule has 2 aromatic heterocycles. The Hall–Kier alpha value is -2.93. The number of hydrogen-bond donors (Lipinski definition) is 1. The van der Waals surface area contributed by atoms with Crippen molar-refractivity contribution in [3.8, 4) is 18.0 Å². The van der Waals surface area contributed by atoms with Gasteiger partial charge in [0.1, 0.15) is 18.5 Å². The smallest absolute Gasteiger partial charge is 0.252 e. The molecule has 0 amide bonds. The number of nitrogen functional groups attached to an aromatic ring is 1. The van der Waals surface area contributed by atoms with E-state index in [0.29, 0.717) is 11.5 Å². The van der Waals surface area contributed by atoms with Crippen LogP contribution >= 0.6 is 0 Å². The van der Waals surface area contributed by atoms with Crippen molar-refractivity contribution in [1.82, 2.24) is 19.7 Å². The van der Waals surface area contributed by atoms with Crippen LogP contribution in [0, 0.1) is 22.7 Å². The van der Waals surface area contributed by atoms with Crippen LogP contribution in [0.4, 0.5) is 5.69 Å². The van der Waals surface area contributed by atoms with Crippen molar-refractivity contribution in [1.29, 1.82) is 10.5 Å². The van der Waals surface area contributed by atoms with Gasteiger partial charge in [-0.25, -0.2) is 9.97 Å². The third kappa shape index (κ3) is 1.53. The minimum absolute atomic E-state index is 0.0162. The molecule has 0 spiro atoms. The van der Waals surface area contributed by atoms with Gasteiger partial charge in [0.2, 0.25) is 0 Å². The van der Waals surface area contributed by atoms with Crippen LogP contribution in [0.25, 0.3) is 5.82 Å². The summed E-state index contributed by atoms with van der Waals surface area (Å²) in [6.07, 6.45) is 2.72. The van der Waals surface area contributed by atoms with Crippen LogP contribution in [0.15, 0.2) is 18.6 Å². The summed E-state index contributed by atoms with van der Waals surface area (Å²) in [6.45, 7) is 0. The van der Waals surface area contributed by atoms with E-state index < -0.39 is 0 Å². The van der Waals surface area contributed by atoms with Crippen molar-refractivity contribution in [2.75, 3.05) is 5.73 Å². The zero-order valence-electron chi connectivity index (χ0n) is 7.99. The van der Waals surface area contributed by atoms with E-state index in [-0.39, 0.29) is 11.4 Å². The maximum absolute atomic E-state index is 8.90. The first kappa shape index (κ1) is 9.62. The first-order valence-corrected chi connectivity index (χ1v) is 4.22. The maximum atomic E-state index is 8.90. The molecule has 76 valence electrons. The fraction of sp³-hybridized carbons (Fsp3) is 0. The van der Waals surface area contributed by atoms with Gasteiger partial charge in [-0.05, 0) is 6.07 Å². The highest BCUT2D eigenvalue weighted by atomic mass is 15.4. The first-order chi connectivity index (χ1) is 7.74. The summed E-state index contributed by atoms with van der Waals surface area (Å²) in [6, 6.07) is 5.22. The van der Waals surface area contributed by atoms with E-state index >= 15 is 0 Å². The van der Waals surface area contributed by atoms with Crippen molar-refractivity contribution in [3.63, 3.8) is 0 Å². The lowest BCUT2D eigenvalue weighted by molar-refractivity contribution is 0.837. The van der Waals surface area contributed by atoms with Gasteiger partial charge in [-0.15, -0.1) is 5.10 Å². The molecule has 2 aromatic rings. The van der Waals surface area contributed by atoms with E-state index in [0.717, 1.165) is 0 Å². The summed E-state index contributed by atoms with van der Waals surface area (Å²) < 4.78 is 1.26. The lowest BCUT2D eigenvalue weighted by atomic mass is 10.2. The van der Waals surface area contributed by atoms with Crippen LogP contribution in [-0.4, -0.2) is 19.7 Å². The third-order valence-electron chi connectivity index (χ3n) is 1.82. The minimum Gasteiger partial charge on any atom is -0.397 e. The van der Waals surface area contributed by atoms with E-state index in [4.69, 9.17) is 16.3 Å². The van der Waals surface area contributed by atoms with Crippen molar-refractivity contribution in [2.45, 2.75) is 0 Å². The molecule has 7 heteroatoms. The van der Waals surface area contributed by atoms with Gasteiger partial charge in [-0.2, -0.15) is 15.2 Å². The topological polar surface area (TPSA) is 117 Å². The van der Waals surface area contributed by atoms with E-state index in [2.05, 4.69) is 15.1 Å². The minimum atomic E-state index is 0.0162. The fourth-order valence-corrected chi connectivity index (χ4v) is 1.15. The molecule has 0 radical (unpaired) electrons. The van der Waals surface area contributed by atoms with E-state index in [1.807, 2.05) is 6.07 Å². The average Bonchev–Trinajstić information content (AvgIpc) is 2.77. The number of nitrogens with zero attached hydrogens (tertiary/aromatic N) is 6. The Labute approximate surface area is 90.4 Å². The Morgan fingerprint density at radius 1 is 1.25 bits per heavy atom. The Morgan fingerprint density at radius 3 is 2.69 bits per heavy atom. The molecule has 0 saturated heterocycles. The van der Waals surface area contributed by atoms with Crippen LogP contribution in [0.1, 0.15) is 11.4 Å². The summed E-state index contributed by atoms with van der Waals surface area (Å²) in [5.41, 5.74) is 6.16. The lowest BCUT2D eigenvalue weighted by Crippen LogP contribution is -2.03. The van der Waals surface area contributed by atoms with Gasteiger partial charge in [0.05, 0.1) is 17.4 Å². The lowest BCUT2D eigenvalue weighted by Gasteiger charge is -2.01. The standard InChI is InChI=1S/C9H5N7/c10-2-6-1-7(12)4-13-9(6)16-5-14-8(3-11)15-16/h1,4-5H,12H2. The van der Waals surface area contributed by atoms with Crippen LogP contribution in [0.3, 0.4) is 0 Å². The van der Waals surface area contributed by atoms with Gasteiger partial charge in [-0.1, -0.05) is 0 Å². The summed E-state index contributed by atoms with van der Waals surface area (Å²) in [4.78, 5) is 7.69. The molecule has 2 rings (SSSR count). The first-order valence-electron chi connectivity index (χ1n) is 4.22. The molecular formula is C9H5N7. The zero-order valence-corrected chi connectivity index (χ0v) is 7.99. The molecule has 0 saturated carbocycles. The third-order valence-corrected chi connectivity index (χ3v) is 1.82. The van der Waals surface area contributed by atoms with Crippen LogP contribution in [-0.2, 0) is 0 Å². The highest BCUT2D eigenvalue weighted by Gasteiger charge is 2.08. The Morgan fingerprint density at radius 2 is 2.06 bits per heavy atom. The second kappa shape index (κ2) is 3.67. The number of anilines is 1. The average molecular weight is 211 g/mol. The molecule has 7 nitrogen and oxygen atoms in total. The predicted molar refractivity (Wildman–Crippen MR) is 53.0 cm³/mol. The van der Waals surface area contributed by atoms with Crippen molar-refractivity contribution in [3.05, 3.63) is 30.0 Å². The van der Waals surface area contributed by atoms with Gasteiger partial charge in [0.15, 0.2) is 5.82 Å². The number of nitriles is 2. The van der Waals surface area contributed by atoms with Crippen molar-refractivity contribution < 1.29 is 0 Å². The summed E-state index contributed by atoms with van der Waals surface area (Å²) in [5, 5.41) is 21.3. The van der Waals surface area contributed by atoms with E-state index in [9.17, 15) is 0 Å². The maximum Gasteiger partial charge on any atom is 0.252 e. The highest BCUT2D eigenvalue weighted by molar-refractivity contribution is 5.51. The second-order valence-corrected chi connectivity index (χ2v) is 2.88. The number of pyridine rings is 1. The van der Waals surface area contributed by atoms with E-state index in [1.165, 1.54) is 23.3 Å². The van der Waals surface area contributed by atoms with E-state index in [1.54, 1.807) is 6.07 Å². The van der Waals surface area contributed by atoms with Gasteiger partial charge >= 0.3 is 0 Å². The normalized spacial score (nSPS) is 9.38. The Balaban J connectivity index is 2.57. The SMILES string of the molecule is N#Cc1ncn(-c2ncc(N)cc2C#N)n1. The fourth-order valence-electron chi connectivity index (χ4n) is 1.15. The molecule has 0 unspecified atom stereocenters. The van der Waals surface area contributed by atoms with Gasteiger partial charge in [0, 0.05) is 0 Å². The molecule has 2 N–H and O–H groups in total. The van der Waals surface area contributed by atoms with Gasteiger partial charge in [-0.3, -0.25) is 0 Å². The monoisotopic (exact) mass is 211 g/mol. The van der Waals surface area contributed by atoms with Crippen LogP contribution in [0.5, 0.6) is 0 Å². The molecule has 0 bridgehead atoms. The predicted octanol–water partition coefficient (Wildman–Crippen LogP) is -0.0121. The van der Waals surface area contributed by atoms with Gasteiger partial charge < -0.3 is 5.73 Å². The molecule has 0 aliphatic carbocycles.